The molecule has 0 aliphatic carbocycles. The standard InChI is InChI=1S/C18H22ClN5O/c1-13(25)23-8-2-3-16(23)18-21-20-17-12-22(9-10-24(17)18)11-14-4-6-15(19)7-5-14/h4-7,16H,2-3,8-12H2,1H3/t16-/m0/s1. The normalized spacial score (nSPS) is 20.7. The largest absolute Gasteiger partial charge is 0.333 e. The van der Waals surface area contributed by atoms with Crippen LogP contribution in [0.2, 0.25) is 5.02 Å². The summed E-state index contributed by atoms with van der Waals surface area (Å²) in [6.45, 7) is 5.94. The van der Waals surface area contributed by atoms with Gasteiger partial charge in [-0.05, 0) is 30.5 Å². The minimum atomic E-state index is 0.0848. The first-order valence-electron chi connectivity index (χ1n) is 8.78. The van der Waals surface area contributed by atoms with Crippen LogP contribution in [0.3, 0.4) is 0 Å². The van der Waals surface area contributed by atoms with Gasteiger partial charge in [-0.15, -0.1) is 10.2 Å². The van der Waals surface area contributed by atoms with Crippen molar-refractivity contribution in [3.63, 3.8) is 0 Å². The Balaban J connectivity index is 1.49. The van der Waals surface area contributed by atoms with E-state index in [-0.39, 0.29) is 11.9 Å². The summed E-state index contributed by atoms with van der Waals surface area (Å²) in [7, 11) is 0. The molecular weight excluding hydrogens is 338 g/mol. The molecule has 132 valence electrons. The van der Waals surface area contributed by atoms with Crippen LogP contribution in [-0.4, -0.2) is 43.6 Å². The van der Waals surface area contributed by atoms with Crippen LogP contribution in [0.15, 0.2) is 24.3 Å². The molecule has 2 aliphatic heterocycles. The van der Waals surface area contributed by atoms with Crippen molar-refractivity contribution in [2.75, 3.05) is 13.1 Å². The SMILES string of the molecule is CC(=O)N1CCC[C@H]1c1nnc2n1CCN(Cc1ccc(Cl)cc1)C2. The van der Waals surface area contributed by atoms with Crippen LogP contribution in [0.5, 0.6) is 0 Å². The average Bonchev–Trinajstić information content (AvgIpc) is 3.22. The molecule has 3 heterocycles. The van der Waals surface area contributed by atoms with Crippen molar-refractivity contribution < 1.29 is 4.79 Å². The van der Waals surface area contributed by atoms with Crippen LogP contribution >= 0.6 is 11.6 Å². The van der Waals surface area contributed by atoms with Crippen molar-refractivity contribution in [1.29, 1.82) is 0 Å². The second-order valence-electron chi connectivity index (χ2n) is 6.83. The van der Waals surface area contributed by atoms with E-state index in [4.69, 9.17) is 11.6 Å². The second-order valence-corrected chi connectivity index (χ2v) is 7.27. The Labute approximate surface area is 152 Å². The van der Waals surface area contributed by atoms with Crippen molar-refractivity contribution in [2.45, 2.75) is 45.4 Å². The smallest absolute Gasteiger partial charge is 0.220 e. The summed E-state index contributed by atoms with van der Waals surface area (Å²) >= 11 is 5.96. The molecule has 6 nitrogen and oxygen atoms in total. The van der Waals surface area contributed by atoms with Crippen LogP contribution in [0, 0.1) is 0 Å². The molecule has 0 radical (unpaired) electrons. The molecule has 1 atom stereocenters. The molecule has 0 spiro atoms. The Kier molecular flexibility index (Phi) is 4.48. The summed E-state index contributed by atoms with van der Waals surface area (Å²) in [5.74, 6) is 2.07. The van der Waals surface area contributed by atoms with Gasteiger partial charge in [0, 0.05) is 38.1 Å². The molecule has 0 unspecified atom stereocenters. The first-order chi connectivity index (χ1) is 12.1. The zero-order valence-corrected chi connectivity index (χ0v) is 15.1. The maximum Gasteiger partial charge on any atom is 0.220 e. The number of benzene rings is 1. The van der Waals surface area contributed by atoms with Gasteiger partial charge in [-0.1, -0.05) is 23.7 Å². The molecular formula is C18H22ClN5O. The van der Waals surface area contributed by atoms with E-state index in [0.29, 0.717) is 0 Å². The molecule has 7 heteroatoms. The van der Waals surface area contributed by atoms with Crippen molar-refractivity contribution >= 4 is 17.5 Å². The summed E-state index contributed by atoms with van der Waals surface area (Å²) in [5.41, 5.74) is 1.25. The molecule has 1 saturated heterocycles. The maximum absolute atomic E-state index is 11.8. The minimum Gasteiger partial charge on any atom is -0.333 e. The lowest BCUT2D eigenvalue weighted by Gasteiger charge is -2.29. The summed E-state index contributed by atoms with van der Waals surface area (Å²) in [6, 6.07) is 8.07. The highest BCUT2D eigenvalue weighted by atomic mass is 35.5. The minimum absolute atomic E-state index is 0.0848. The average molecular weight is 360 g/mol. The Hall–Kier alpha value is -1.92. The third kappa shape index (κ3) is 3.28. The number of amides is 1. The van der Waals surface area contributed by atoms with Gasteiger partial charge in [0.1, 0.15) is 5.82 Å². The number of likely N-dealkylation sites (tertiary alicyclic amines) is 1. The van der Waals surface area contributed by atoms with E-state index < -0.39 is 0 Å². The Morgan fingerprint density at radius 3 is 2.76 bits per heavy atom. The molecule has 0 N–H and O–H groups in total. The third-order valence-electron chi connectivity index (χ3n) is 5.14. The summed E-state index contributed by atoms with van der Waals surface area (Å²) in [6.07, 6.45) is 2.02. The maximum atomic E-state index is 11.8. The molecule has 1 aromatic carbocycles. The summed E-state index contributed by atoms with van der Waals surface area (Å²) in [5, 5.41) is 9.62. The zero-order chi connectivity index (χ0) is 17.4. The van der Waals surface area contributed by atoms with E-state index in [9.17, 15) is 4.79 Å². The lowest BCUT2D eigenvalue weighted by molar-refractivity contribution is -0.129. The molecule has 1 amide bonds. The molecule has 0 saturated carbocycles. The predicted molar refractivity (Wildman–Crippen MR) is 95.0 cm³/mol. The number of carbonyl (C=O) groups is 1. The van der Waals surface area contributed by atoms with E-state index >= 15 is 0 Å². The fourth-order valence-corrected chi connectivity index (χ4v) is 4.00. The Morgan fingerprint density at radius 1 is 1.20 bits per heavy atom. The Morgan fingerprint density at radius 2 is 2.00 bits per heavy atom. The van der Waals surface area contributed by atoms with Crippen molar-refractivity contribution in [3.8, 4) is 0 Å². The fourth-order valence-electron chi connectivity index (χ4n) is 3.87. The summed E-state index contributed by atoms with van der Waals surface area (Å²) in [4.78, 5) is 16.1. The molecule has 2 aliphatic rings. The second kappa shape index (κ2) is 6.77. The molecule has 25 heavy (non-hydrogen) atoms. The molecule has 1 aromatic heterocycles. The predicted octanol–water partition coefficient (Wildman–Crippen LogP) is 2.63. The van der Waals surface area contributed by atoms with E-state index in [0.717, 1.165) is 62.2 Å². The highest BCUT2D eigenvalue weighted by molar-refractivity contribution is 6.30. The number of rotatable bonds is 3. The molecule has 1 fully saturated rings. The highest BCUT2D eigenvalue weighted by Crippen LogP contribution is 2.32. The fraction of sp³-hybridized carbons (Fsp3) is 0.500. The van der Waals surface area contributed by atoms with E-state index in [1.165, 1.54) is 5.56 Å². The van der Waals surface area contributed by atoms with Gasteiger partial charge < -0.3 is 9.47 Å². The van der Waals surface area contributed by atoms with Gasteiger partial charge in [0.25, 0.3) is 0 Å². The molecule has 4 rings (SSSR count). The number of hydrogen-bond donors (Lipinski definition) is 0. The van der Waals surface area contributed by atoms with Crippen molar-refractivity contribution in [1.82, 2.24) is 24.6 Å². The van der Waals surface area contributed by atoms with Gasteiger partial charge in [-0.2, -0.15) is 0 Å². The number of hydrogen-bond acceptors (Lipinski definition) is 4. The van der Waals surface area contributed by atoms with Crippen molar-refractivity contribution in [3.05, 3.63) is 46.5 Å². The van der Waals surface area contributed by atoms with E-state index in [1.54, 1.807) is 6.92 Å². The van der Waals surface area contributed by atoms with Crippen LogP contribution < -0.4 is 0 Å². The van der Waals surface area contributed by atoms with Gasteiger partial charge in [-0.3, -0.25) is 9.69 Å². The highest BCUT2D eigenvalue weighted by Gasteiger charge is 2.33. The zero-order valence-electron chi connectivity index (χ0n) is 14.4. The lowest BCUT2D eigenvalue weighted by atomic mass is 10.2. The van der Waals surface area contributed by atoms with E-state index in [2.05, 4.69) is 31.8 Å². The van der Waals surface area contributed by atoms with Crippen LogP contribution in [0.25, 0.3) is 0 Å². The van der Waals surface area contributed by atoms with Gasteiger partial charge in [-0.25, -0.2) is 0 Å². The van der Waals surface area contributed by atoms with Gasteiger partial charge in [0.05, 0.1) is 12.6 Å². The molecule has 0 bridgehead atoms. The van der Waals surface area contributed by atoms with Crippen molar-refractivity contribution in [2.24, 2.45) is 0 Å². The van der Waals surface area contributed by atoms with Crippen LogP contribution in [0.1, 0.15) is 43.0 Å². The lowest BCUT2D eigenvalue weighted by Crippen LogP contribution is -2.36. The molecule has 2 aromatic rings. The topological polar surface area (TPSA) is 54.3 Å². The Bertz CT molecular complexity index is 772. The van der Waals surface area contributed by atoms with Gasteiger partial charge in [0.15, 0.2) is 5.82 Å². The van der Waals surface area contributed by atoms with Gasteiger partial charge >= 0.3 is 0 Å². The number of aromatic nitrogens is 3. The number of halogens is 1. The number of nitrogens with zero attached hydrogens (tertiary/aromatic N) is 5. The van der Waals surface area contributed by atoms with Crippen LogP contribution in [-0.2, 0) is 24.4 Å². The van der Waals surface area contributed by atoms with Crippen LogP contribution in [0.4, 0.5) is 0 Å². The number of fused-ring (bicyclic) bond motifs is 1. The number of carbonyl (C=O) groups excluding carboxylic acids is 1. The quantitative estimate of drug-likeness (QED) is 0.845. The van der Waals surface area contributed by atoms with Gasteiger partial charge in [0.2, 0.25) is 5.91 Å². The summed E-state index contributed by atoms with van der Waals surface area (Å²) < 4.78 is 2.21. The van der Waals surface area contributed by atoms with E-state index in [1.807, 2.05) is 17.0 Å². The monoisotopic (exact) mass is 359 g/mol. The first kappa shape index (κ1) is 16.5. The first-order valence-corrected chi connectivity index (χ1v) is 9.15. The third-order valence-corrected chi connectivity index (χ3v) is 5.39.